The van der Waals surface area contributed by atoms with Crippen molar-refractivity contribution in [3.63, 3.8) is 0 Å². The van der Waals surface area contributed by atoms with E-state index >= 15 is 0 Å². The highest BCUT2D eigenvalue weighted by Crippen LogP contribution is 2.15. The first kappa shape index (κ1) is 13.1. The van der Waals surface area contributed by atoms with E-state index in [4.69, 9.17) is 0 Å². The van der Waals surface area contributed by atoms with Crippen molar-refractivity contribution in [1.29, 1.82) is 0 Å². The Morgan fingerprint density at radius 3 is 2.67 bits per heavy atom. The van der Waals surface area contributed by atoms with E-state index in [1.807, 2.05) is 4.90 Å². The van der Waals surface area contributed by atoms with Crippen LogP contribution in [-0.2, 0) is 0 Å². The quantitative estimate of drug-likeness (QED) is 0.828. The molecule has 5 heteroatoms. The Bertz CT molecular complexity index is 445. The van der Waals surface area contributed by atoms with Crippen LogP contribution in [0.15, 0.2) is 18.2 Å². The van der Waals surface area contributed by atoms with Crippen LogP contribution < -0.4 is 5.32 Å². The summed E-state index contributed by atoms with van der Waals surface area (Å²) >= 11 is 0. The van der Waals surface area contributed by atoms with Crippen LogP contribution in [-0.4, -0.2) is 42.9 Å². The zero-order chi connectivity index (χ0) is 13.1. The Morgan fingerprint density at radius 2 is 2.00 bits per heavy atom. The van der Waals surface area contributed by atoms with Gasteiger partial charge in [-0.15, -0.1) is 0 Å². The number of Topliss-reactive ketones (excluding diaryl/α,β-unsaturated/α-hetero) is 1. The highest BCUT2D eigenvalue weighted by atomic mass is 19.1. The Balaban J connectivity index is 2.16. The molecule has 1 atom stereocenters. The molecule has 98 valence electrons. The predicted octanol–water partition coefficient (Wildman–Crippen LogP) is 1.44. The smallest absolute Gasteiger partial charge is 0.182 e. The third-order valence-electron chi connectivity index (χ3n) is 3.27. The van der Waals surface area contributed by atoms with E-state index in [1.165, 1.54) is 0 Å². The van der Waals surface area contributed by atoms with Crippen LogP contribution in [0.1, 0.15) is 17.3 Å². The van der Waals surface area contributed by atoms with Gasteiger partial charge in [0.2, 0.25) is 0 Å². The fourth-order valence-electron chi connectivity index (χ4n) is 2.15. The molecular formula is C13H16F2N2O. The van der Waals surface area contributed by atoms with Crippen LogP contribution in [0, 0.1) is 11.6 Å². The second kappa shape index (κ2) is 5.54. The molecule has 0 bridgehead atoms. The molecule has 1 heterocycles. The normalized spacial score (nSPS) is 18.6. The van der Waals surface area contributed by atoms with Crippen molar-refractivity contribution in [2.75, 3.05) is 26.2 Å². The summed E-state index contributed by atoms with van der Waals surface area (Å²) in [6.07, 6.45) is 0. The molecule has 1 aromatic carbocycles. The lowest BCUT2D eigenvalue weighted by Crippen LogP contribution is -2.50. The summed E-state index contributed by atoms with van der Waals surface area (Å²) in [4.78, 5) is 14.1. The first-order chi connectivity index (χ1) is 8.59. The van der Waals surface area contributed by atoms with Crippen molar-refractivity contribution in [2.24, 2.45) is 0 Å². The van der Waals surface area contributed by atoms with Crippen LogP contribution in [0.4, 0.5) is 8.78 Å². The second-order valence-electron chi connectivity index (χ2n) is 4.45. The van der Waals surface area contributed by atoms with Gasteiger partial charge in [0.25, 0.3) is 0 Å². The summed E-state index contributed by atoms with van der Waals surface area (Å²) in [5.41, 5.74) is -0.166. The van der Waals surface area contributed by atoms with Crippen molar-refractivity contribution in [3.8, 4) is 0 Å². The number of nitrogens with zero attached hydrogens (tertiary/aromatic N) is 1. The first-order valence-corrected chi connectivity index (χ1v) is 6.03. The van der Waals surface area contributed by atoms with E-state index in [2.05, 4.69) is 5.32 Å². The van der Waals surface area contributed by atoms with Gasteiger partial charge in [0, 0.05) is 26.2 Å². The van der Waals surface area contributed by atoms with Gasteiger partial charge >= 0.3 is 0 Å². The Kier molecular flexibility index (Phi) is 4.04. The predicted molar refractivity (Wildman–Crippen MR) is 64.6 cm³/mol. The van der Waals surface area contributed by atoms with Gasteiger partial charge < -0.3 is 5.32 Å². The van der Waals surface area contributed by atoms with Crippen molar-refractivity contribution < 1.29 is 13.6 Å². The summed E-state index contributed by atoms with van der Waals surface area (Å²) in [5, 5.41) is 3.18. The molecule has 1 unspecified atom stereocenters. The molecule has 1 fully saturated rings. The Morgan fingerprint density at radius 1 is 1.33 bits per heavy atom. The number of benzene rings is 1. The molecule has 0 amide bonds. The van der Waals surface area contributed by atoms with Crippen LogP contribution in [0.3, 0.4) is 0 Å². The van der Waals surface area contributed by atoms with E-state index in [0.717, 1.165) is 44.4 Å². The number of ketones is 1. The minimum absolute atomic E-state index is 0.166. The molecule has 1 aliphatic rings. The van der Waals surface area contributed by atoms with Crippen molar-refractivity contribution in [1.82, 2.24) is 10.2 Å². The van der Waals surface area contributed by atoms with Gasteiger partial charge in [0.15, 0.2) is 5.78 Å². The van der Waals surface area contributed by atoms with E-state index < -0.39 is 17.7 Å². The minimum Gasteiger partial charge on any atom is -0.314 e. The molecule has 0 aliphatic carbocycles. The lowest BCUT2D eigenvalue weighted by molar-refractivity contribution is 0.0815. The number of piperazine rings is 1. The van der Waals surface area contributed by atoms with Gasteiger partial charge in [-0.05, 0) is 25.1 Å². The largest absolute Gasteiger partial charge is 0.314 e. The van der Waals surface area contributed by atoms with Crippen LogP contribution >= 0.6 is 0 Å². The van der Waals surface area contributed by atoms with E-state index in [1.54, 1.807) is 6.92 Å². The third-order valence-corrected chi connectivity index (χ3v) is 3.27. The molecule has 0 aromatic heterocycles. The summed E-state index contributed by atoms with van der Waals surface area (Å²) in [5.74, 6) is -1.62. The molecular weight excluding hydrogens is 238 g/mol. The fraction of sp³-hybridized carbons (Fsp3) is 0.462. The van der Waals surface area contributed by atoms with Gasteiger partial charge in [0.05, 0.1) is 11.6 Å². The molecule has 3 nitrogen and oxygen atoms in total. The molecule has 1 aromatic rings. The maximum atomic E-state index is 13.5. The van der Waals surface area contributed by atoms with Crippen LogP contribution in [0.5, 0.6) is 0 Å². The number of carbonyl (C=O) groups is 1. The summed E-state index contributed by atoms with van der Waals surface area (Å²) in [7, 11) is 0. The Labute approximate surface area is 105 Å². The molecule has 0 saturated carbocycles. The molecule has 2 rings (SSSR count). The monoisotopic (exact) mass is 254 g/mol. The maximum absolute atomic E-state index is 13.5. The van der Waals surface area contributed by atoms with Gasteiger partial charge in [-0.3, -0.25) is 9.69 Å². The van der Waals surface area contributed by atoms with E-state index in [-0.39, 0.29) is 11.3 Å². The van der Waals surface area contributed by atoms with Gasteiger partial charge in [-0.1, -0.05) is 0 Å². The molecule has 0 spiro atoms. The second-order valence-corrected chi connectivity index (χ2v) is 4.45. The molecule has 18 heavy (non-hydrogen) atoms. The lowest BCUT2D eigenvalue weighted by atomic mass is 10.0. The van der Waals surface area contributed by atoms with Crippen LogP contribution in [0.2, 0.25) is 0 Å². The number of hydrogen-bond donors (Lipinski definition) is 1. The molecule has 1 N–H and O–H groups in total. The Hall–Kier alpha value is -1.33. The molecule has 0 radical (unpaired) electrons. The number of nitrogens with one attached hydrogen (secondary N) is 1. The molecule has 1 saturated heterocycles. The van der Waals surface area contributed by atoms with E-state index in [9.17, 15) is 13.6 Å². The average Bonchev–Trinajstić information content (AvgIpc) is 2.41. The van der Waals surface area contributed by atoms with E-state index in [0.29, 0.717) is 0 Å². The number of halogens is 2. The molecule has 1 aliphatic heterocycles. The maximum Gasteiger partial charge on any atom is 0.182 e. The summed E-state index contributed by atoms with van der Waals surface area (Å²) < 4.78 is 26.6. The van der Waals surface area contributed by atoms with Gasteiger partial charge in [-0.2, -0.15) is 0 Å². The highest BCUT2D eigenvalue weighted by molar-refractivity contribution is 6.00. The van der Waals surface area contributed by atoms with Gasteiger partial charge in [-0.25, -0.2) is 8.78 Å². The zero-order valence-electron chi connectivity index (χ0n) is 10.2. The minimum atomic E-state index is -0.664. The topological polar surface area (TPSA) is 32.3 Å². The van der Waals surface area contributed by atoms with Gasteiger partial charge in [0.1, 0.15) is 11.6 Å². The fourth-order valence-corrected chi connectivity index (χ4v) is 2.15. The first-order valence-electron chi connectivity index (χ1n) is 6.03. The van der Waals surface area contributed by atoms with Crippen LogP contribution in [0.25, 0.3) is 0 Å². The van der Waals surface area contributed by atoms with Crippen molar-refractivity contribution in [2.45, 2.75) is 13.0 Å². The zero-order valence-corrected chi connectivity index (χ0v) is 10.2. The standard InChI is InChI=1S/C13H16F2N2O/c1-9(17-6-4-16-5-7-17)13(18)11-8-10(14)2-3-12(11)15/h2-3,8-9,16H,4-7H2,1H3. The lowest BCUT2D eigenvalue weighted by Gasteiger charge is -2.31. The van der Waals surface area contributed by atoms with Crippen molar-refractivity contribution >= 4 is 5.78 Å². The SMILES string of the molecule is CC(C(=O)c1cc(F)ccc1F)N1CCNCC1. The van der Waals surface area contributed by atoms with Crippen molar-refractivity contribution in [3.05, 3.63) is 35.4 Å². The average molecular weight is 254 g/mol. The third kappa shape index (κ3) is 2.73. The number of hydrogen-bond acceptors (Lipinski definition) is 3. The highest BCUT2D eigenvalue weighted by Gasteiger charge is 2.25. The summed E-state index contributed by atoms with van der Waals surface area (Å²) in [6, 6.07) is 2.55. The summed E-state index contributed by atoms with van der Waals surface area (Å²) in [6.45, 7) is 4.83. The number of rotatable bonds is 3. The number of carbonyl (C=O) groups excluding carboxylic acids is 1.